The number of hydrogen-bond acceptors (Lipinski definition) is 4. The number of aliphatic hydroxyl groups is 2. The van der Waals surface area contributed by atoms with Gasteiger partial charge in [-0.3, -0.25) is 4.79 Å². The summed E-state index contributed by atoms with van der Waals surface area (Å²) in [5.74, 6) is 5.00. The zero-order valence-electron chi connectivity index (χ0n) is 11.7. The molecule has 1 heterocycles. The van der Waals surface area contributed by atoms with Crippen LogP contribution in [0.1, 0.15) is 35.8 Å². The molecule has 0 fully saturated rings. The predicted octanol–water partition coefficient (Wildman–Crippen LogP) is 0.660. The molecule has 1 aromatic heterocycles. The molecule has 0 spiro atoms. The molecule has 5 nitrogen and oxygen atoms in total. The average molecular weight is 276 g/mol. The fourth-order valence-corrected chi connectivity index (χ4v) is 1.75. The van der Waals surface area contributed by atoms with E-state index in [0.29, 0.717) is 12.1 Å². The van der Waals surface area contributed by atoms with Crippen molar-refractivity contribution >= 4 is 5.91 Å². The SMILES string of the molecule is CCCCN(CCO)C(=O)c1ncccc1C#CCO. The molecule has 2 N–H and O–H groups in total. The maximum absolute atomic E-state index is 12.4. The molecule has 20 heavy (non-hydrogen) atoms. The summed E-state index contributed by atoms with van der Waals surface area (Å²) in [4.78, 5) is 18.1. The number of unbranched alkanes of at least 4 members (excludes halogenated alkanes) is 1. The highest BCUT2D eigenvalue weighted by molar-refractivity contribution is 5.94. The fourth-order valence-electron chi connectivity index (χ4n) is 1.75. The van der Waals surface area contributed by atoms with E-state index in [2.05, 4.69) is 16.8 Å². The first-order valence-corrected chi connectivity index (χ1v) is 6.69. The number of nitrogens with zero attached hydrogens (tertiary/aromatic N) is 2. The van der Waals surface area contributed by atoms with Gasteiger partial charge in [-0.25, -0.2) is 4.98 Å². The van der Waals surface area contributed by atoms with Crippen LogP contribution in [-0.2, 0) is 0 Å². The van der Waals surface area contributed by atoms with E-state index in [1.165, 1.54) is 6.20 Å². The van der Waals surface area contributed by atoms with Gasteiger partial charge in [-0.05, 0) is 18.6 Å². The van der Waals surface area contributed by atoms with Crippen molar-refractivity contribution in [2.24, 2.45) is 0 Å². The average Bonchev–Trinajstić information content (AvgIpc) is 2.49. The van der Waals surface area contributed by atoms with Crippen LogP contribution in [0.2, 0.25) is 0 Å². The summed E-state index contributed by atoms with van der Waals surface area (Å²) in [6, 6.07) is 3.39. The van der Waals surface area contributed by atoms with Gasteiger partial charge in [0, 0.05) is 19.3 Å². The molecule has 0 aliphatic rings. The highest BCUT2D eigenvalue weighted by Crippen LogP contribution is 2.09. The molecule has 1 rings (SSSR count). The van der Waals surface area contributed by atoms with Crippen LogP contribution >= 0.6 is 0 Å². The molecular weight excluding hydrogens is 256 g/mol. The Morgan fingerprint density at radius 3 is 2.85 bits per heavy atom. The van der Waals surface area contributed by atoms with Crippen LogP contribution in [0.4, 0.5) is 0 Å². The van der Waals surface area contributed by atoms with Crippen molar-refractivity contribution in [1.29, 1.82) is 0 Å². The Labute approximate surface area is 119 Å². The molecular formula is C15H20N2O3. The first-order chi connectivity index (χ1) is 9.74. The molecule has 0 unspecified atom stereocenters. The fraction of sp³-hybridized carbons (Fsp3) is 0.467. The lowest BCUT2D eigenvalue weighted by Gasteiger charge is -2.21. The summed E-state index contributed by atoms with van der Waals surface area (Å²) >= 11 is 0. The van der Waals surface area contributed by atoms with Gasteiger partial charge < -0.3 is 15.1 Å². The van der Waals surface area contributed by atoms with E-state index in [1.807, 2.05) is 6.92 Å². The van der Waals surface area contributed by atoms with Gasteiger partial charge in [0.15, 0.2) is 0 Å². The van der Waals surface area contributed by atoms with Crippen molar-refractivity contribution in [2.45, 2.75) is 19.8 Å². The third-order valence-corrected chi connectivity index (χ3v) is 2.75. The Kier molecular flexibility index (Phi) is 7.33. The normalized spacial score (nSPS) is 9.75. The van der Waals surface area contributed by atoms with Crippen LogP contribution < -0.4 is 0 Å². The number of amides is 1. The molecule has 1 amide bonds. The molecule has 1 aromatic rings. The summed E-state index contributed by atoms with van der Waals surface area (Å²) in [5, 5.41) is 17.8. The van der Waals surface area contributed by atoms with E-state index in [1.54, 1.807) is 17.0 Å². The number of carbonyl (C=O) groups excluding carboxylic acids is 1. The summed E-state index contributed by atoms with van der Waals surface area (Å²) in [6.45, 7) is 2.56. The zero-order valence-corrected chi connectivity index (χ0v) is 11.7. The summed E-state index contributed by atoms with van der Waals surface area (Å²) < 4.78 is 0. The largest absolute Gasteiger partial charge is 0.395 e. The van der Waals surface area contributed by atoms with E-state index in [4.69, 9.17) is 10.2 Å². The molecule has 5 heteroatoms. The van der Waals surface area contributed by atoms with Crippen LogP contribution in [0, 0.1) is 11.8 Å². The molecule has 0 saturated carbocycles. The van der Waals surface area contributed by atoms with Crippen molar-refractivity contribution in [1.82, 2.24) is 9.88 Å². The van der Waals surface area contributed by atoms with Crippen LogP contribution in [0.5, 0.6) is 0 Å². The van der Waals surface area contributed by atoms with Gasteiger partial charge >= 0.3 is 0 Å². The summed E-state index contributed by atoms with van der Waals surface area (Å²) in [6.07, 6.45) is 3.37. The smallest absolute Gasteiger partial charge is 0.273 e. The minimum Gasteiger partial charge on any atom is -0.395 e. The van der Waals surface area contributed by atoms with E-state index in [-0.39, 0.29) is 31.4 Å². The topological polar surface area (TPSA) is 73.7 Å². The van der Waals surface area contributed by atoms with Gasteiger partial charge in [-0.1, -0.05) is 25.2 Å². The maximum Gasteiger partial charge on any atom is 0.273 e. The number of pyridine rings is 1. The Bertz CT molecular complexity index is 491. The quantitative estimate of drug-likeness (QED) is 0.749. The summed E-state index contributed by atoms with van der Waals surface area (Å²) in [7, 11) is 0. The number of aliphatic hydroxyl groups excluding tert-OH is 2. The van der Waals surface area contributed by atoms with Crippen molar-refractivity contribution < 1.29 is 15.0 Å². The Hall–Kier alpha value is -1.90. The molecule has 0 atom stereocenters. The monoisotopic (exact) mass is 276 g/mol. The highest BCUT2D eigenvalue weighted by atomic mass is 16.3. The lowest BCUT2D eigenvalue weighted by atomic mass is 10.1. The first-order valence-electron chi connectivity index (χ1n) is 6.69. The summed E-state index contributed by atoms with van der Waals surface area (Å²) in [5.41, 5.74) is 0.754. The minimum absolute atomic E-state index is 0.0834. The molecule has 0 aliphatic carbocycles. The van der Waals surface area contributed by atoms with Crippen molar-refractivity contribution in [2.75, 3.05) is 26.3 Å². The van der Waals surface area contributed by atoms with E-state index >= 15 is 0 Å². The van der Waals surface area contributed by atoms with Crippen LogP contribution in [0.15, 0.2) is 18.3 Å². The Balaban J connectivity index is 2.98. The second-order valence-corrected chi connectivity index (χ2v) is 4.23. The number of aromatic nitrogens is 1. The zero-order chi connectivity index (χ0) is 14.8. The van der Waals surface area contributed by atoms with Gasteiger partial charge in [0.25, 0.3) is 5.91 Å². The second kappa shape index (κ2) is 9.08. The van der Waals surface area contributed by atoms with Gasteiger partial charge in [0.05, 0.1) is 12.2 Å². The lowest BCUT2D eigenvalue weighted by Crippen LogP contribution is -2.35. The minimum atomic E-state index is -0.265. The van der Waals surface area contributed by atoms with Gasteiger partial charge in [-0.2, -0.15) is 0 Å². The molecule has 0 aromatic carbocycles. The van der Waals surface area contributed by atoms with Crippen LogP contribution in [-0.4, -0.2) is 52.3 Å². The van der Waals surface area contributed by atoms with E-state index in [9.17, 15) is 4.79 Å². The lowest BCUT2D eigenvalue weighted by molar-refractivity contribution is 0.0713. The molecule has 0 bridgehead atoms. The Morgan fingerprint density at radius 1 is 1.40 bits per heavy atom. The highest BCUT2D eigenvalue weighted by Gasteiger charge is 2.18. The molecule has 0 saturated heterocycles. The number of rotatable bonds is 6. The van der Waals surface area contributed by atoms with Gasteiger partial charge in [0.2, 0.25) is 0 Å². The standard InChI is InChI=1S/C15H20N2O3/c1-2-3-9-17(10-12-19)15(20)14-13(7-5-11-18)6-4-8-16-14/h4,6,8,18-19H,2-3,9-12H2,1H3. The predicted molar refractivity (Wildman–Crippen MR) is 76.1 cm³/mol. The van der Waals surface area contributed by atoms with Crippen molar-refractivity contribution in [3.63, 3.8) is 0 Å². The van der Waals surface area contributed by atoms with E-state index < -0.39 is 0 Å². The van der Waals surface area contributed by atoms with Crippen molar-refractivity contribution in [3.8, 4) is 11.8 Å². The van der Waals surface area contributed by atoms with Crippen LogP contribution in [0.25, 0.3) is 0 Å². The first kappa shape index (κ1) is 16.2. The van der Waals surface area contributed by atoms with Gasteiger partial charge in [0.1, 0.15) is 12.3 Å². The van der Waals surface area contributed by atoms with E-state index in [0.717, 1.165) is 12.8 Å². The van der Waals surface area contributed by atoms with Crippen molar-refractivity contribution in [3.05, 3.63) is 29.6 Å². The maximum atomic E-state index is 12.4. The number of carbonyl (C=O) groups is 1. The van der Waals surface area contributed by atoms with Gasteiger partial charge in [-0.15, -0.1) is 0 Å². The second-order valence-electron chi connectivity index (χ2n) is 4.23. The van der Waals surface area contributed by atoms with Crippen LogP contribution in [0.3, 0.4) is 0 Å². The molecule has 0 radical (unpaired) electrons. The molecule has 0 aliphatic heterocycles. The third kappa shape index (κ3) is 4.65. The molecule has 108 valence electrons. The third-order valence-electron chi connectivity index (χ3n) is 2.75. The number of hydrogen-bond donors (Lipinski definition) is 2. The Morgan fingerprint density at radius 2 is 2.20 bits per heavy atom.